The van der Waals surface area contributed by atoms with Gasteiger partial charge in [-0.15, -0.1) is 0 Å². The van der Waals surface area contributed by atoms with Gasteiger partial charge in [-0.05, 0) is 41.8 Å². The number of rotatable bonds is 7. The van der Waals surface area contributed by atoms with Crippen LogP contribution in [0.4, 0.5) is 4.79 Å². The number of H-pyrrole nitrogens is 1. The summed E-state index contributed by atoms with van der Waals surface area (Å²) >= 11 is 1.54. The zero-order chi connectivity index (χ0) is 20.9. The highest BCUT2D eigenvalue weighted by Crippen LogP contribution is 2.40. The molecule has 1 aromatic heterocycles. The van der Waals surface area contributed by atoms with Crippen molar-refractivity contribution in [3.63, 3.8) is 0 Å². The van der Waals surface area contributed by atoms with Gasteiger partial charge in [0, 0.05) is 28.9 Å². The summed E-state index contributed by atoms with van der Waals surface area (Å²) in [6.45, 7) is 3.66. The monoisotopic (exact) mass is 417 g/mol. The smallest absolute Gasteiger partial charge is 0.392 e. The molecule has 0 bridgehead atoms. The van der Waals surface area contributed by atoms with Crippen LogP contribution in [0.25, 0.3) is 10.9 Å². The van der Waals surface area contributed by atoms with Crippen molar-refractivity contribution in [3.8, 4) is 5.88 Å². The van der Waals surface area contributed by atoms with Crippen LogP contribution in [0.3, 0.4) is 0 Å². The number of carbonyl (C=O) groups excluding carboxylic acids is 1. The molecule has 0 saturated carbocycles. The Kier molecular flexibility index (Phi) is 6.07. The lowest BCUT2D eigenvalue weighted by molar-refractivity contribution is 0.208. The molecule has 0 spiro atoms. The van der Waals surface area contributed by atoms with Gasteiger partial charge in [-0.3, -0.25) is 0 Å². The van der Waals surface area contributed by atoms with Crippen LogP contribution >= 0.6 is 11.8 Å². The molecule has 0 aliphatic rings. The molecular weight excluding hydrogens is 394 g/mol. The van der Waals surface area contributed by atoms with E-state index in [1.807, 2.05) is 30.3 Å². The van der Waals surface area contributed by atoms with E-state index in [1.54, 1.807) is 0 Å². The molecule has 0 fully saturated rings. The third-order valence-corrected chi connectivity index (χ3v) is 5.97. The molecule has 4 rings (SSSR count). The summed E-state index contributed by atoms with van der Waals surface area (Å²) in [6, 6.07) is 24.5. The lowest BCUT2D eigenvalue weighted by Crippen LogP contribution is -2.16. The van der Waals surface area contributed by atoms with E-state index in [4.69, 9.17) is 10.5 Å². The largest absolute Gasteiger partial charge is 0.411 e. The molecule has 1 heterocycles. The zero-order valence-corrected chi connectivity index (χ0v) is 17.5. The van der Waals surface area contributed by atoms with E-state index in [9.17, 15) is 4.79 Å². The molecule has 152 valence electrons. The third-order valence-electron chi connectivity index (χ3n) is 4.85. The summed E-state index contributed by atoms with van der Waals surface area (Å²) in [6.07, 6.45) is -0.836. The fraction of sp³-hybridized carbons (Fsp3) is 0.125. The average molecular weight is 418 g/mol. The maximum absolute atomic E-state index is 11.4. The summed E-state index contributed by atoms with van der Waals surface area (Å²) in [7, 11) is 0. The fourth-order valence-corrected chi connectivity index (χ4v) is 4.34. The summed E-state index contributed by atoms with van der Waals surface area (Å²) in [4.78, 5) is 16.5. The van der Waals surface area contributed by atoms with E-state index in [-0.39, 0.29) is 0 Å². The van der Waals surface area contributed by atoms with Crippen molar-refractivity contribution in [1.82, 2.24) is 10.3 Å². The molecular formula is C24H23N3O2S. The van der Waals surface area contributed by atoms with E-state index in [2.05, 4.69) is 59.7 Å². The number of carbonyl (C=O) groups is 1. The molecule has 4 aromatic rings. The van der Waals surface area contributed by atoms with Crippen LogP contribution in [0, 0.1) is 6.92 Å². The van der Waals surface area contributed by atoms with E-state index in [0.717, 1.165) is 39.3 Å². The Balaban J connectivity index is 1.56. The number of ether oxygens (including phenoxy) is 1. The predicted octanol–water partition coefficient (Wildman–Crippen LogP) is 5.37. The number of benzene rings is 3. The van der Waals surface area contributed by atoms with Gasteiger partial charge in [0.15, 0.2) is 0 Å². The Bertz CT molecular complexity index is 1170. The molecule has 0 saturated heterocycles. The van der Waals surface area contributed by atoms with Crippen molar-refractivity contribution in [2.24, 2.45) is 5.73 Å². The lowest BCUT2D eigenvalue weighted by Gasteiger charge is -2.08. The first-order chi connectivity index (χ1) is 14.6. The average Bonchev–Trinajstić information content (AvgIpc) is 3.06. The van der Waals surface area contributed by atoms with Crippen molar-refractivity contribution in [3.05, 3.63) is 89.5 Å². The topological polar surface area (TPSA) is 80.1 Å². The van der Waals surface area contributed by atoms with Gasteiger partial charge in [0.05, 0.1) is 4.90 Å². The number of fused-ring (bicyclic) bond motifs is 1. The van der Waals surface area contributed by atoms with Crippen LogP contribution in [0.15, 0.2) is 82.6 Å². The van der Waals surface area contributed by atoms with Gasteiger partial charge in [0.2, 0.25) is 5.88 Å². The highest BCUT2D eigenvalue weighted by molar-refractivity contribution is 7.99. The molecule has 6 heteroatoms. The van der Waals surface area contributed by atoms with Gasteiger partial charge in [-0.1, -0.05) is 66.4 Å². The minimum absolute atomic E-state index is 0.372. The van der Waals surface area contributed by atoms with Gasteiger partial charge in [0.25, 0.3) is 0 Å². The van der Waals surface area contributed by atoms with E-state index < -0.39 is 6.09 Å². The number of hydrogen-bond acceptors (Lipinski definition) is 4. The van der Waals surface area contributed by atoms with E-state index in [0.29, 0.717) is 5.88 Å². The normalized spacial score (nSPS) is 11.0. The molecule has 0 aliphatic heterocycles. The lowest BCUT2D eigenvalue weighted by atomic mass is 10.1. The highest BCUT2D eigenvalue weighted by Gasteiger charge is 2.16. The second kappa shape index (κ2) is 9.07. The van der Waals surface area contributed by atoms with Crippen molar-refractivity contribution in [1.29, 1.82) is 0 Å². The Morgan fingerprint density at radius 3 is 2.57 bits per heavy atom. The Hall–Kier alpha value is -3.22. The maximum Gasteiger partial charge on any atom is 0.411 e. The number of amides is 1. The van der Waals surface area contributed by atoms with Gasteiger partial charge in [0.1, 0.15) is 0 Å². The number of aromatic nitrogens is 1. The molecule has 5 nitrogen and oxygen atoms in total. The van der Waals surface area contributed by atoms with Gasteiger partial charge in [-0.25, -0.2) is 4.79 Å². The zero-order valence-electron chi connectivity index (χ0n) is 16.6. The second-order valence-electron chi connectivity index (χ2n) is 7.03. The van der Waals surface area contributed by atoms with E-state index >= 15 is 0 Å². The third kappa shape index (κ3) is 4.67. The summed E-state index contributed by atoms with van der Waals surface area (Å²) in [5.41, 5.74) is 9.88. The van der Waals surface area contributed by atoms with Gasteiger partial charge >= 0.3 is 6.09 Å². The van der Waals surface area contributed by atoms with Crippen LogP contribution in [0.2, 0.25) is 0 Å². The van der Waals surface area contributed by atoms with Crippen LogP contribution in [-0.4, -0.2) is 11.1 Å². The van der Waals surface area contributed by atoms with Gasteiger partial charge < -0.3 is 20.8 Å². The number of nitrogens with one attached hydrogen (secondary N) is 2. The van der Waals surface area contributed by atoms with Crippen LogP contribution in [0.1, 0.15) is 16.7 Å². The number of aryl methyl sites for hydroxylation is 1. The number of hydrogen-bond donors (Lipinski definition) is 3. The van der Waals surface area contributed by atoms with Crippen molar-refractivity contribution < 1.29 is 9.53 Å². The van der Waals surface area contributed by atoms with Crippen molar-refractivity contribution in [2.45, 2.75) is 29.8 Å². The molecule has 1 amide bonds. The molecule has 0 atom stereocenters. The molecule has 0 unspecified atom stereocenters. The molecule has 0 aliphatic carbocycles. The number of aromatic amines is 1. The van der Waals surface area contributed by atoms with Crippen molar-refractivity contribution in [2.75, 3.05) is 0 Å². The van der Waals surface area contributed by atoms with Gasteiger partial charge in [-0.2, -0.15) is 0 Å². The Morgan fingerprint density at radius 2 is 1.80 bits per heavy atom. The first-order valence-corrected chi connectivity index (χ1v) is 10.5. The standard InChI is InChI=1S/C24H23N3O2S/c1-16-7-5-6-8-18(16)15-26-14-17-11-12-20-21(13-17)27-23(29-24(25)28)22(20)30-19-9-3-2-4-10-19/h2-13,26-27H,14-15H2,1H3,(H2,25,28). The van der Waals surface area contributed by atoms with Crippen LogP contribution in [0.5, 0.6) is 5.88 Å². The highest BCUT2D eigenvalue weighted by atomic mass is 32.2. The first kappa shape index (κ1) is 20.1. The summed E-state index contributed by atoms with van der Waals surface area (Å²) in [5, 5.41) is 4.48. The fourth-order valence-electron chi connectivity index (χ4n) is 3.33. The summed E-state index contributed by atoms with van der Waals surface area (Å²) in [5.74, 6) is 0.372. The minimum atomic E-state index is -0.836. The SMILES string of the molecule is Cc1ccccc1CNCc1ccc2c(Sc3ccccc3)c(OC(N)=O)[nH]c2c1. The maximum atomic E-state index is 11.4. The Labute approximate surface area is 179 Å². The Morgan fingerprint density at radius 1 is 1.03 bits per heavy atom. The van der Waals surface area contributed by atoms with Crippen LogP contribution in [-0.2, 0) is 13.1 Å². The molecule has 3 aromatic carbocycles. The quantitative estimate of drug-likeness (QED) is 0.377. The summed E-state index contributed by atoms with van der Waals surface area (Å²) < 4.78 is 5.24. The molecule has 30 heavy (non-hydrogen) atoms. The predicted molar refractivity (Wildman–Crippen MR) is 121 cm³/mol. The van der Waals surface area contributed by atoms with E-state index in [1.165, 1.54) is 22.9 Å². The minimum Gasteiger partial charge on any atom is -0.392 e. The first-order valence-electron chi connectivity index (χ1n) is 9.70. The van der Waals surface area contributed by atoms with Crippen molar-refractivity contribution >= 4 is 28.8 Å². The van der Waals surface area contributed by atoms with Crippen LogP contribution < -0.4 is 15.8 Å². The number of primary amides is 1. The number of nitrogens with two attached hydrogens (primary N) is 1. The second-order valence-corrected chi connectivity index (χ2v) is 8.11. The molecule has 4 N–H and O–H groups in total. The molecule has 0 radical (unpaired) electrons.